The molecule has 0 amide bonds. The highest BCUT2D eigenvalue weighted by Crippen LogP contribution is 2.35. The van der Waals surface area contributed by atoms with Crippen molar-refractivity contribution in [3.05, 3.63) is 115 Å². The van der Waals surface area contributed by atoms with Gasteiger partial charge in [0, 0.05) is 47.8 Å². The normalized spacial score (nSPS) is 16.9. The maximum absolute atomic E-state index is 3.77. The second-order valence-corrected chi connectivity index (χ2v) is 11.6. The lowest BCUT2D eigenvalue weighted by atomic mass is 9.91. The Morgan fingerprint density at radius 3 is 1.51 bits per heavy atom. The van der Waals surface area contributed by atoms with Gasteiger partial charge in [-0.05, 0) is 87.2 Å². The molecule has 4 aromatic carbocycles. The molecule has 1 fully saturated rings. The van der Waals surface area contributed by atoms with Gasteiger partial charge in [-0.3, -0.25) is 4.90 Å². The molecule has 0 radical (unpaired) electrons. The van der Waals surface area contributed by atoms with Gasteiger partial charge >= 0.3 is 0 Å². The van der Waals surface area contributed by atoms with Gasteiger partial charge in [-0.2, -0.15) is 0 Å². The molecular weight excluding hydrogens is 450 g/mol. The van der Waals surface area contributed by atoms with Crippen molar-refractivity contribution in [1.82, 2.24) is 10.2 Å². The second kappa shape index (κ2) is 10.5. The molecule has 190 valence electrons. The number of piperazine rings is 1. The lowest BCUT2D eigenvalue weighted by Gasteiger charge is -2.48. The van der Waals surface area contributed by atoms with Crippen LogP contribution in [0.15, 0.2) is 109 Å². The zero-order chi connectivity index (χ0) is 25.9. The first kappa shape index (κ1) is 25.3. The molecule has 1 saturated heterocycles. The minimum atomic E-state index is 0.147. The maximum Gasteiger partial charge on any atom is 0.0462 e. The Kier molecular flexibility index (Phi) is 7.19. The van der Waals surface area contributed by atoms with Gasteiger partial charge in [0.05, 0.1) is 0 Å². The number of rotatable bonds is 7. The number of para-hydroxylation sites is 2. The van der Waals surface area contributed by atoms with Gasteiger partial charge in [-0.15, -0.1) is 0 Å². The van der Waals surface area contributed by atoms with E-state index >= 15 is 0 Å². The topological polar surface area (TPSA) is 18.5 Å². The summed E-state index contributed by atoms with van der Waals surface area (Å²) in [5.41, 5.74) is 7.65. The average molecular weight is 490 g/mol. The second-order valence-electron chi connectivity index (χ2n) is 11.6. The Morgan fingerprint density at radius 2 is 1.03 bits per heavy atom. The first-order valence-electron chi connectivity index (χ1n) is 13.4. The first-order chi connectivity index (χ1) is 17.8. The lowest BCUT2D eigenvalue weighted by molar-refractivity contribution is 0.0792. The van der Waals surface area contributed by atoms with Crippen molar-refractivity contribution >= 4 is 17.1 Å². The molecule has 0 aromatic heterocycles. The van der Waals surface area contributed by atoms with Gasteiger partial charge in [0.25, 0.3) is 0 Å². The number of benzene rings is 4. The molecular formula is C34H39N3. The average Bonchev–Trinajstić information content (AvgIpc) is 2.88. The zero-order valence-electron chi connectivity index (χ0n) is 22.6. The van der Waals surface area contributed by atoms with Crippen LogP contribution in [0.25, 0.3) is 11.1 Å². The Bertz CT molecular complexity index is 1220. The number of hydrogen-bond donors (Lipinski definition) is 1. The predicted molar refractivity (Wildman–Crippen MR) is 158 cm³/mol. The molecule has 4 aromatic rings. The van der Waals surface area contributed by atoms with E-state index in [1.54, 1.807) is 0 Å². The molecule has 37 heavy (non-hydrogen) atoms. The largest absolute Gasteiger partial charge is 0.311 e. The van der Waals surface area contributed by atoms with Crippen LogP contribution in [0.5, 0.6) is 0 Å². The van der Waals surface area contributed by atoms with E-state index in [0.717, 1.165) is 43.1 Å². The summed E-state index contributed by atoms with van der Waals surface area (Å²) < 4.78 is 0. The Labute approximate surface area is 222 Å². The van der Waals surface area contributed by atoms with Crippen LogP contribution in [-0.2, 0) is 6.42 Å². The van der Waals surface area contributed by atoms with Crippen LogP contribution in [0.4, 0.5) is 17.1 Å². The molecule has 0 spiro atoms. The van der Waals surface area contributed by atoms with E-state index in [4.69, 9.17) is 0 Å². The van der Waals surface area contributed by atoms with Crippen LogP contribution < -0.4 is 10.2 Å². The molecule has 1 N–H and O–H groups in total. The van der Waals surface area contributed by atoms with Gasteiger partial charge < -0.3 is 10.2 Å². The van der Waals surface area contributed by atoms with Crippen LogP contribution in [0.3, 0.4) is 0 Å². The van der Waals surface area contributed by atoms with Crippen LogP contribution in [0.1, 0.15) is 33.3 Å². The van der Waals surface area contributed by atoms with Crippen LogP contribution in [0.2, 0.25) is 0 Å². The minimum absolute atomic E-state index is 0.147. The van der Waals surface area contributed by atoms with Crippen molar-refractivity contribution in [2.24, 2.45) is 0 Å². The summed E-state index contributed by atoms with van der Waals surface area (Å²) in [7, 11) is 0. The summed E-state index contributed by atoms with van der Waals surface area (Å²) in [5, 5.41) is 3.77. The van der Waals surface area contributed by atoms with Crippen molar-refractivity contribution < 1.29 is 0 Å². The van der Waals surface area contributed by atoms with Crippen molar-refractivity contribution in [2.75, 3.05) is 24.5 Å². The Balaban J connectivity index is 1.28. The standard InChI is InChI=1S/C34H39N3/c1-33(2)25-36(26-34(3,4)35-33)24-23-27-15-17-28(18-16-27)29-19-21-32(22-20-29)37(30-11-7-5-8-12-30)31-13-9-6-10-14-31/h5-22,35H,23-26H2,1-4H3. The number of hydrogen-bond acceptors (Lipinski definition) is 3. The molecule has 1 heterocycles. The highest BCUT2D eigenvalue weighted by Gasteiger charge is 2.35. The number of anilines is 3. The van der Waals surface area contributed by atoms with E-state index in [9.17, 15) is 0 Å². The fourth-order valence-corrected chi connectivity index (χ4v) is 5.88. The lowest BCUT2D eigenvalue weighted by Crippen LogP contribution is -2.66. The van der Waals surface area contributed by atoms with Crippen LogP contribution in [0, 0.1) is 0 Å². The summed E-state index contributed by atoms with van der Waals surface area (Å²) in [6.07, 6.45) is 1.08. The zero-order valence-corrected chi connectivity index (χ0v) is 22.6. The third-order valence-corrected chi connectivity index (χ3v) is 7.07. The van der Waals surface area contributed by atoms with E-state index < -0.39 is 0 Å². The number of nitrogens with one attached hydrogen (secondary N) is 1. The summed E-state index contributed by atoms with van der Waals surface area (Å²) in [6.45, 7) is 12.5. The highest BCUT2D eigenvalue weighted by molar-refractivity contribution is 5.78. The summed E-state index contributed by atoms with van der Waals surface area (Å²) in [6, 6.07) is 39.1. The van der Waals surface area contributed by atoms with Crippen molar-refractivity contribution in [3.63, 3.8) is 0 Å². The summed E-state index contributed by atoms with van der Waals surface area (Å²) in [4.78, 5) is 4.90. The summed E-state index contributed by atoms with van der Waals surface area (Å²) >= 11 is 0. The predicted octanol–water partition coefficient (Wildman–Crippen LogP) is 7.83. The monoisotopic (exact) mass is 489 g/mol. The van der Waals surface area contributed by atoms with Gasteiger partial charge in [0.2, 0.25) is 0 Å². The third-order valence-electron chi connectivity index (χ3n) is 7.07. The molecule has 1 aliphatic heterocycles. The van der Waals surface area contributed by atoms with E-state index in [1.165, 1.54) is 16.7 Å². The van der Waals surface area contributed by atoms with Crippen molar-refractivity contribution in [2.45, 2.75) is 45.2 Å². The fourth-order valence-electron chi connectivity index (χ4n) is 5.88. The van der Waals surface area contributed by atoms with Gasteiger partial charge in [-0.1, -0.05) is 72.8 Å². The Hall–Kier alpha value is -3.40. The minimum Gasteiger partial charge on any atom is -0.311 e. The molecule has 0 saturated carbocycles. The van der Waals surface area contributed by atoms with E-state index in [2.05, 4.69) is 152 Å². The van der Waals surface area contributed by atoms with Gasteiger partial charge in [0.1, 0.15) is 0 Å². The maximum atomic E-state index is 3.77. The molecule has 0 unspecified atom stereocenters. The molecule has 0 bridgehead atoms. The van der Waals surface area contributed by atoms with Gasteiger partial charge in [0.15, 0.2) is 0 Å². The van der Waals surface area contributed by atoms with E-state index in [-0.39, 0.29) is 11.1 Å². The van der Waals surface area contributed by atoms with E-state index in [1.807, 2.05) is 0 Å². The fraction of sp³-hybridized carbons (Fsp3) is 0.294. The van der Waals surface area contributed by atoms with Crippen LogP contribution >= 0.6 is 0 Å². The summed E-state index contributed by atoms with van der Waals surface area (Å²) in [5.74, 6) is 0. The SMILES string of the molecule is CC1(C)CN(CCc2ccc(-c3ccc(N(c4ccccc4)c4ccccc4)cc3)cc2)CC(C)(C)N1. The van der Waals surface area contributed by atoms with Crippen molar-refractivity contribution in [3.8, 4) is 11.1 Å². The highest BCUT2D eigenvalue weighted by atomic mass is 15.3. The van der Waals surface area contributed by atoms with Crippen molar-refractivity contribution in [1.29, 1.82) is 0 Å². The number of nitrogens with zero attached hydrogens (tertiary/aromatic N) is 2. The van der Waals surface area contributed by atoms with Gasteiger partial charge in [-0.25, -0.2) is 0 Å². The smallest absolute Gasteiger partial charge is 0.0462 e. The molecule has 5 rings (SSSR count). The quantitative estimate of drug-likeness (QED) is 0.285. The molecule has 0 aliphatic carbocycles. The third kappa shape index (κ3) is 6.30. The molecule has 3 nitrogen and oxygen atoms in total. The molecule has 0 atom stereocenters. The van der Waals surface area contributed by atoms with Crippen LogP contribution in [-0.4, -0.2) is 35.6 Å². The Morgan fingerprint density at radius 1 is 0.595 bits per heavy atom. The molecule has 3 heteroatoms. The van der Waals surface area contributed by atoms with E-state index in [0.29, 0.717) is 0 Å². The molecule has 1 aliphatic rings. The first-order valence-corrected chi connectivity index (χ1v) is 13.4.